The van der Waals surface area contributed by atoms with Crippen LogP contribution in [0, 0.1) is 0 Å². The van der Waals surface area contributed by atoms with E-state index in [-0.39, 0.29) is 68.0 Å². The van der Waals surface area contributed by atoms with Gasteiger partial charge in [-0.25, -0.2) is 0 Å². The summed E-state index contributed by atoms with van der Waals surface area (Å²) in [6, 6.07) is 31.7. The number of ether oxygens (including phenoxy) is 6. The fraction of sp³-hybridized carbons (Fsp3) is 0.517. The van der Waals surface area contributed by atoms with E-state index in [1.54, 1.807) is 0 Å². The molecule has 0 aliphatic carbocycles. The van der Waals surface area contributed by atoms with Crippen molar-refractivity contribution in [1.82, 2.24) is 0 Å². The quantitative estimate of drug-likeness (QED) is 0.136. The average Bonchev–Trinajstić information content (AvgIpc) is 0.801. The molecule has 3 aliphatic heterocycles. The van der Waals surface area contributed by atoms with Crippen LogP contribution in [0.2, 0.25) is 0 Å². The van der Waals surface area contributed by atoms with Crippen molar-refractivity contribution in [2.24, 2.45) is 0 Å². The highest BCUT2D eigenvalue weighted by Gasteiger charge is 2.32. The summed E-state index contributed by atoms with van der Waals surface area (Å²) in [5, 5.41) is 39.2. The summed E-state index contributed by atoms with van der Waals surface area (Å²) >= 11 is 0. The molecular formula is C87H114O9. The summed E-state index contributed by atoms with van der Waals surface area (Å²) in [7, 11) is 0. The van der Waals surface area contributed by atoms with E-state index in [4.69, 9.17) is 28.4 Å². The Hall–Kier alpha value is -6.94. The van der Waals surface area contributed by atoms with E-state index < -0.39 is 0 Å². The van der Waals surface area contributed by atoms with Crippen LogP contribution in [-0.4, -0.2) is 68.2 Å². The molecule has 0 saturated heterocycles. The van der Waals surface area contributed by atoms with Crippen LogP contribution < -0.4 is 18.9 Å². The third kappa shape index (κ3) is 16.6. The summed E-state index contributed by atoms with van der Waals surface area (Å²) in [6.45, 7) is 50.5. The Labute approximate surface area is 576 Å². The summed E-state index contributed by atoms with van der Waals surface area (Å²) < 4.78 is 41.8. The molecule has 10 rings (SSSR count). The Morgan fingerprint density at radius 1 is 0.208 bits per heavy atom. The lowest BCUT2D eigenvalue weighted by atomic mass is 9.79. The van der Waals surface area contributed by atoms with Gasteiger partial charge in [0, 0.05) is 44.9 Å². The zero-order chi connectivity index (χ0) is 69.8. The Kier molecular flexibility index (Phi) is 20.5. The van der Waals surface area contributed by atoms with E-state index in [2.05, 4.69) is 230 Å². The van der Waals surface area contributed by atoms with Gasteiger partial charge in [0.05, 0.1) is 39.6 Å². The van der Waals surface area contributed by atoms with Crippen LogP contribution in [0.5, 0.6) is 40.2 Å². The van der Waals surface area contributed by atoms with Crippen molar-refractivity contribution >= 4 is 0 Å². The van der Waals surface area contributed by atoms with Gasteiger partial charge in [0.1, 0.15) is 53.5 Å². The molecular weight excluding hydrogens is 1190 g/mol. The first kappa shape index (κ1) is 71.8. The molecule has 96 heavy (non-hydrogen) atoms. The zero-order valence-corrected chi connectivity index (χ0v) is 62.4. The number of fused-ring (bicyclic) bond motifs is 11. The minimum absolute atomic E-state index is 0.159. The van der Waals surface area contributed by atoms with Crippen LogP contribution in [0.15, 0.2) is 84.9 Å². The number of hydrogen-bond donors (Lipinski definition) is 3. The Morgan fingerprint density at radius 2 is 0.354 bits per heavy atom. The second kappa shape index (κ2) is 27.4. The predicted molar refractivity (Wildman–Crippen MR) is 393 cm³/mol. The van der Waals surface area contributed by atoms with E-state index >= 15 is 0 Å². The van der Waals surface area contributed by atoms with E-state index in [1.165, 1.54) is 11.1 Å². The molecule has 0 atom stereocenters. The minimum atomic E-state index is -0.305. The van der Waals surface area contributed by atoms with Crippen molar-refractivity contribution < 1.29 is 43.7 Å². The van der Waals surface area contributed by atoms with E-state index in [1.807, 2.05) is 0 Å². The minimum Gasteiger partial charge on any atom is -0.507 e. The smallest absolute Gasteiger partial charge is 0.126 e. The third-order valence-electron chi connectivity index (χ3n) is 19.9. The van der Waals surface area contributed by atoms with Gasteiger partial charge in [-0.2, -0.15) is 0 Å². The predicted octanol–water partition coefficient (Wildman–Crippen LogP) is 19.7. The molecule has 0 spiro atoms. The van der Waals surface area contributed by atoms with Crippen molar-refractivity contribution in [2.45, 2.75) is 241 Å². The van der Waals surface area contributed by atoms with Gasteiger partial charge in [-0.05, 0) is 168 Å². The van der Waals surface area contributed by atoms with E-state index in [0.29, 0.717) is 109 Å². The maximum atomic E-state index is 13.1. The highest BCUT2D eigenvalue weighted by molar-refractivity contribution is 5.62. The first-order valence-corrected chi connectivity index (χ1v) is 35.6. The van der Waals surface area contributed by atoms with E-state index in [9.17, 15) is 15.3 Å². The van der Waals surface area contributed by atoms with Crippen molar-refractivity contribution in [3.05, 3.63) is 202 Å². The largest absolute Gasteiger partial charge is 0.507 e. The number of benzene rings is 7. The molecule has 516 valence electrons. The van der Waals surface area contributed by atoms with Crippen molar-refractivity contribution in [1.29, 1.82) is 0 Å². The first-order valence-electron chi connectivity index (χ1n) is 35.6. The molecule has 7 aromatic rings. The van der Waals surface area contributed by atoms with Crippen molar-refractivity contribution in [2.75, 3.05) is 52.9 Å². The van der Waals surface area contributed by atoms with Crippen LogP contribution in [0.25, 0.3) is 0 Å². The van der Waals surface area contributed by atoms with Crippen LogP contribution in [-0.2, 0) is 92.3 Å². The highest BCUT2D eigenvalue weighted by atomic mass is 16.6. The molecule has 0 amide bonds. The second-order valence-electron chi connectivity index (χ2n) is 35.2. The highest BCUT2D eigenvalue weighted by Crippen LogP contribution is 2.47. The Morgan fingerprint density at radius 3 is 0.542 bits per heavy atom. The molecule has 0 unspecified atom stereocenters. The molecule has 0 aromatic heterocycles. The van der Waals surface area contributed by atoms with Crippen LogP contribution >= 0.6 is 0 Å². The molecule has 3 N–H and O–H groups in total. The number of phenols is 3. The maximum Gasteiger partial charge on any atom is 0.126 e. The van der Waals surface area contributed by atoms with Crippen LogP contribution in [0.3, 0.4) is 0 Å². The molecule has 14 bridgehead atoms. The number of rotatable bonds is 0. The van der Waals surface area contributed by atoms with Crippen LogP contribution in [0.1, 0.15) is 275 Å². The Bertz CT molecular complexity index is 3750. The molecule has 3 aliphatic rings. The van der Waals surface area contributed by atoms with Gasteiger partial charge in [0.25, 0.3) is 0 Å². The lowest BCUT2D eigenvalue weighted by molar-refractivity contribution is 0.0273. The normalized spacial score (nSPS) is 16.1. The molecule has 0 radical (unpaired) electrons. The summed E-state index contributed by atoms with van der Waals surface area (Å²) in [4.78, 5) is 0. The second-order valence-corrected chi connectivity index (χ2v) is 35.2. The van der Waals surface area contributed by atoms with Gasteiger partial charge < -0.3 is 43.7 Å². The fourth-order valence-corrected chi connectivity index (χ4v) is 13.6. The molecule has 3 heterocycles. The molecule has 9 nitrogen and oxygen atoms in total. The first-order chi connectivity index (χ1) is 44.7. The summed E-state index contributed by atoms with van der Waals surface area (Å²) in [6.07, 6.45) is 4.24. The van der Waals surface area contributed by atoms with Crippen molar-refractivity contribution in [3.8, 4) is 40.2 Å². The molecule has 7 aromatic carbocycles. The number of phenolic OH excluding ortho intramolecular Hbond substituents is 3. The SMILES string of the molecule is CC(C)(C)c1cc2c(O)c(c1)Cc1cc(C(C)(C)C)cc(c1O)Cc1cc(C(C)(C)C)cc3c1OCCCCOc1c(cc(C(C)(C)C)cc1Cc1cc(C(C)(C)C)cc4c1OCCOCCOCCOc1c(cc(C(C)(C)C)cc1C4)C3)Cc1cc(C(C)(C)C)cc(c1O)C2. The monoisotopic (exact) mass is 1300 g/mol. The standard InChI is InChI=1S/C87H114O9/c1-81(2,3)67-39-53-32-55-41-68(82(4,5)6)43-57(75(55)89)34-59-45-70(84(10,11)12)47-61-36-63-49-72(86(16,17)18)51-65-38-66-52-73(87(19,20)21)50-64(80(66)96-31-29-92-27-26-91-28-30-95-79(63)65)37-62-48-71(85(13,14)15)46-60(78(62)94-25-23-22-24-93-77(59)61)35-58-44-69(83(7,8)9)42-56(76(58)90)33-54(40-67)74(53)88/h39-52,88-90H,22-38H2,1-21H3. The van der Waals surface area contributed by atoms with Gasteiger partial charge in [0.2, 0.25) is 0 Å². The third-order valence-corrected chi connectivity index (χ3v) is 19.9. The summed E-state index contributed by atoms with van der Waals surface area (Å²) in [5.74, 6) is 3.81. The number of hydrogen-bond acceptors (Lipinski definition) is 9. The van der Waals surface area contributed by atoms with Crippen LogP contribution in [0.4, 0.5) is 0 Å². The molecule has 0 saturated carbocycles. The maximum absolute atomic E-state index is 13.1. The van der Waals surface area contributed by atoms with Gasteiger partial charge >= 0.3 is 0 Å². The lowest BCUT2D eigenvalue weighted by Crippen LogP contribution is -2.17. The van der Waals surface area contributed by atoms with Gasteiger partial charge in [-0.1, -0.05) is 230 Å². The van der Waals surface area contributed by atoms with Gasteiger partial charge in [0.15, 0.2) is 0 Å². The van der Waals surface area contributed by atoms with Crippen molar-refractivity contribution in [3.63, 3.8) is 0 Å². The topological polar surface area (TPSA) is 116 Å². The van der Waals surface area contributed by atoms with Gasteiger partial charge in [-0.3, -0.25) is 0 Å². The van der Waals surface area contributed by atoms with E-state index in [0.717, 1.165) is 118 Å². The molecule has 9 heteroatoms. The number of aromatic hydroxyl groups is 3. The Balaban J connectivity index is 1.36. The fourth-order valence-electron chi connectivity index (χ4n) is 13.6. The zero-order valence-electron chi connectivity index (χ0n) is 62.4. The molecule has 0 fully saturated rings. The summed E-state index contributed by atoms with van der Waals surface area (Å²) in [5.41, 5.74) is 18.7. The average molecular weight is 1300 g/mol. The lowest BCUT2D eigenvalue weighted by Gasteiger charge is -2.28. The van der Waals surface area contributed by atoms with Gasteiger partial charge in [-0.15, -0.1) is 0 Å².